The van der Waals surface area contributed by atoms with Crippen molar-refractivity contribution in [3.05, 3.63) is 47.7 Å². The Morgan fingerprint density at radius 2 is 1.84 bits per heavy atom. The molecule has 0 bridgehead atoms. The molecule has 0 aliphatic carbocycles. The predicted molar refractivity (Wildman–Crippen MR) is 108 cm³/mol. The molecule has 1 aromatic heterocycles. The first-order valence-corrected chi connectivity index (χ1v) is 10.9. The van der Waals surface area contributed by atoms with Gasteiger partial charge in [0.25, 0.3) is 10.1 Å². The number of alkyl halides is 3. The number of pyridine rings is 1. The van der Waals surface area contributed by atoms with E-state index in [0.29, 0.717) is 18.8 Å². The van der Waals surface area contributed by atoms with Crippen LogP contribution in [0, 0.1) is 0 Å². The molecule has 2 atom stereocenters. The maximum atomic E-state index is 12.2. The van der Waals surface area contributed by atoms with Gasteiger partial charge in [-0.15, -0.1) is 13.2 Å². The highest BCUT2D eigenvalue weighted by atomic mass is 35.5. The first-order valence-electron chi connectivity index (χ1n) is 9.12. The van der Waals surface area contributed by atoms with Crippen LogP contribution in [-0.2, 0) is 10.1 Å². The molecule has 3 heterocycles. The third kappa shape index (κ3) is 5.79. The van der Waals surface area contributed by atoms with Crippen LogP contribution in [0.2, 0.25) is 5.15 Å². The lowest BCUT2D eigenvalue weighted by Crippen LogP contribution is -2.35. The predicted octanol–water partition coefficient (Wildman–Crippen LogP) is 2.91. The number of hydrogen-bond donors (Lipinski definition) is 2. The molecule has 0 spiro atoms. The smallest absolute Gasteiger partial charge is 0.406 e. The second kappa shape index (κ2) is 9.10. The molecule has 14 heteroatoms. The molecule has 0 saturated carbocycles. The van der Waals surface area contributed by atoms with E-state index in [9.17, 15) is 26.4 Å². The number of ether oxygens (including phenoxy) is 1. The topological polar surface area (TPSA) is 126 Å². The maximum absolute atomic E-state index is 12.2. The third-order valence-corrected chi connectivity index (χ3v) is 6.00. The normalized spacial score (nSPS) is 20.6. The van der Waals surface area contributed by atoms with E-state index in [1.165, 1.54) is 42.6 Å². The molecule has 4 rings (SSSR count). The number of benzene rings is 1. The highest BCUT2D eigenvalue weighted by Gasteiger charge is 2.43. The molecule has 9 nitrogen and oxygen atoms in total. The van der Waals surface area contributed by atoms with E-state index in [4.69, 9.17) is 21.9 Å². The van der Waals surface area contributed by atoms with Crippen molar-refractivity contribution in [2.24, 2.45) is 5.73 Å². The van der Waals surface area contributed by atoms with Crippen LogP contribution in [0.5, 0.6) is 5.75 Å². The highest BCUT2D eigenvalue weighted by Crippen LogP contribution is 2.31. The van der Waals surface area contributed by atoms with Gasteiger partial charge in [0, 0.05) is 31.0 Å². The van der Waals surface area contributed by atoms with Gasteiger partial charge >= 0.3 is 12.4 Å². The summed E-state index contributed by atoms with van der Waals surface area (Å²) in [6, 6.07) is 7.76. The van der Waals surface area contributed by atoms with Gasteiger partial charge in [-0.25, -0.2) is 9.78 Å². The van der Waals surface area contributed by atoms with E-state index in [1.807, 2.05) is 0 Å². The quantitative estimate of drug-likeness (QED) is 0.496. The summed E-state index contributed by atoms with van der Waals surface area (Å²) >= 11 is 5.36. The van der Waals surface area contributed by atoms with Crippen LogP contribution < -0.4 is 15.4 Å². The van der Waals surface area contributed by atoms with Crippen LogP contribution in [0.25, 0.3) is 0 Å². The summed E-state index contributed by atoms with van der Waals surface area (Å²) in [5.41, 5.74) is 6.37. The Balaban J connectivity index is 0.000000222. The fraction of sp³-hybridized carbons (Fsp3) is 0.333. The molecule has 32 heavy (non-hydrogen) atoms. The van der Waals surface area contributed by atoms with Gasteiger partial charge in [-0.3, -0.25) is 9.45 Å². The monoisotopic (exact) mass is 494 g/mol. The molecule has 1 aromatic carbocycles. The Morgan fingerprint density at radius 1 is 1.19 bits per heavy atom. The molecule has 0 unspecified atom stereocenters. The van der Waals surface area contributed by atoms with Gasteiger partial charge in [-0.2, -0.15) is 8.42 Å². The molecule has 2 amide bonds. The first-order chi connectivity index (χ1) is 14.8. The Labute approximate surface area is 186 Å². The van der Waals surface area contributed by atoms with Crippen molar-refractivity contribution in [3.8, 4) is 5.75 Å². The third-order valence-electron chi connectivity index (χ3n) is 4.70. The number of amides is 2. The number of nitrogens with zero attached hydrogens (tertiary/aromatic N) is 3. The minimum absolute atomic E-state index is 0.00339. The van der Waals surface area contributed by atoms with Crippen molar-refractivity contribution in [1.29, 1.82) is 0 Å². The molecule has 2 aliphatic rings. The Kier molecular flexibility index (Phi) is 6.83. The molecule has 3 N–H and O–H groups in total. The number of carbonyl (C=O) groups excluding carboxylic acids is 1. The minimum atomic E-state index is -4.72. The lowest BCUT2D eigenvalue weighted by atomic mass is 10.2. The Hall–Kier alpha value is -2.61. The van der Waals surface area contributed by atoms with E-state index in [2.05, 4.69) is 9.72 Å². The van der Waals surface area contributed by atoms with Gasteiger partial charge in [-0.1, -0.05) is 11.6 Å². The molecule has 2 saturated heterocycles. The SMILES string of the molecule is N[C@H]1C[C@H]2CN(c3ccc(OC(F)(F)F)cc3)C(=O)N2C1.O=S(=O)(O)c1cccnc1Cl. The van der Waals surface area contributed by atoms with E-state index < -0.39 is 16.5 Å². The average Bonchev–Trinajstić information content (AvgIpc) is 3.18. The maximum Gasteiger partial charge on any atom is 0.573 e. The van der Waals surface area contributed by atoms with Crippen molar-refractivity contribution in [1.82, 2.24) is 9.88 Å². The zero-order valence-corrected chi connectivity index (χ0v) is 17.8. The van der Waals surface area contributed by atoms with Gasteiger partial charge in [0.15, 0.2) is 0 Å². The summed E-state index contributed by atoms with van der Waals surface area (Å²) in [6.45, 7) is 1.03. The van der Waals surface area contributed by atoms with Gasteiger partial charge < -0.3 is 15.4 Å². The number of rotatable bonds is 3. The fourth-order valence-corrected chi connectivity index (χ4v) is 4.34. The first kappa shape index (κ1) is 24.0. The zero-order valence-electron chi connectivity index (χ0n) is 16.2. The minimum Gasteiger partial charge on any atom is -0.406 e. The highest BCUT2D eigenvalue weighted by molar-refractivity contribution is 7.86. The number of nitrogens with two attached hydrogens (primary N) is 1. The number of carbonyl (C=O) groups is 1. The van der Waals surface area contributed by atoms with Crippen molar-refractivity contribution in [2.75, 3.05) is 18.0 Å². The number of urea groups is 1. The molecule has 0 radical (unpaired) electrons. The molecular formula is C18H18ClF3N4O5S. The second-order valence-electron chi connectivity index (χ2n) is 7.00. The molecule has 2 aromatic rings. The van der Waals surface area contributed by atoms with Gasteiger partial charge in [0.05, 0.1) is 6.04 Å². The molecule has 2 aliphatic heterocycles. The van der Waals surface area contributed by atoms with Crippen molar-refractivity contribution in [2.45, 2.75) is 29.8 Å². The van der Waals surface area contributed by atoms with Crippen LogP contribution in [0.1, 0.15) is 6.42 Å². The zero-order chi connectivity index (χ0) is 23.7. The standard InChI is InChI=1S/C13H14F3N3O2.C5H4ClNO3S/c14-13(15,16)21-11-3-1-9(2-4-11)19-7-10-5-8(17)6-18(10)12(19)20;6-5-4(11(8,9)10)2-1-3-7-5/h1-4,8,10H,5-7,17H2;1-3H,(H,8,9,10)/t8-,10-;/m0./s1. The summed E-state index contributed by atoms with van der Waals surface area (Å²) < 4.78 is 69.6. The number of anilines is 1. The van der Waals surface area contributed by atoms with E-state index >= 15 is 0 Å². The average molecular weight is 495 g/mol. The Morgan fingerprint density at radius 3 is 2.34 bits per heavy atom. The second-order valence-corrected chi connectivity index (χ2v) is 8.75. The van der Waals surface area contributed by atoms with Gasteiger partial charge in [0.2, 0.25) is 0 Å². The van der Waals surface area contributed by atoms with Crippen LogP contribution in [0.4, 0.5) is 23.7 Å². The lowest BCUT2D eigenvalue weighted by Gasteiger charge is -2.18. The van der Waals surface area contributed by atoms with Crippen molar-refractivity contribution in [3.63, 3.8) is 0 Å². The summed E-state index contributed by atoms with van der Waals surface area (Å²) in [5, 5.41) is -0.227. The molecular weight excluding hydrogens is 477 g/mol. The number of fused-ring (bicyclic) bond motifs is 1. The summed E-state index contributed by atoms with van der Waals surface area (Å²) in [5.74, 6) is -0.305. The van der Waals surface area contributed by atoms with Gasteiger partial charge in [-0.05, 0) is 42.8 Å². The van der Waals surface area contributed by atoms with Crippen LogP contribution >= 0.6 is 11.6 Å². The largest absolute Gasteiger partial charge is 0.573 e. The fourth-order valence-electron chi connectivity index (χ4n) is 3.41. The number of halogens is 4. The Bertz CT molecular complexity index is 1080. The summed E-state index contributed by atoms with van der Waals surface area (Å²) in [6.07, 6.45) is -2.64. The van der Waals surface area contributed by atoms with Crippen molar-refractivity contribution < 1.29 is 35.7 Å². The van der Waals surface area contributed by atoms with Gasteiger partial charge in [0.1, 0.15) is 15.8 Å². The molecule has 2 fully saturated rings. The van der Waals surface area contributed by atoms with E-state index in [1.54, 1.807) is 9.80 Å². The number of hydrogen-bond acceptors (Lipinski definition) is 6. The van der Waals surface area contributed by atoms with Crippen LogP contribution in [-0.4, -0.2) is 60.4 Å². The lowest BCUT2D eigenvalue weighted by molar-refractivity contribution is -0.274. The summed E-state index contributed by atoms with van der Waals surface area (Å²) in [7, 11) is -4.23. The van der Waals surface area contributed by atoms with E-state index in [-0.39, 0.29) is 33.9 Å². The molecule has 174 valence electrons. The van der Waals surface area contributed by atoms with Crippen LogP contribution in [0.3, 0.4) is 0 Å². The van der Waals surface area contributed by atoms with Crippen molar-refractivity contribution >= 4 is 33.4 Å². The number of aromatic nitrogens is 1. The summed E-state index contributed by atoms with van der Waals surface area (Å²) in [4.78, 5) is 18.6. The van der Waals surface area contributed by atoms with Crippen LogP contribution in [0.15, 0.2) is 47.5 Å². The van der Waals surface area contributed by atoms with E-state index in [0.717, 1.165) is 6.42 Å².